The maximum Gasteiger partial charge on any atom is 0.357 e. The van der Waals surface area contributed by atoms with Crippen molar-refractivity contribution in [2.45, 2.75) is 38.7 Å². The van der Waals surface area contributed by atoms with Gasteiger partial charge in [0.1, 0.15) is 10.4 Å². The number of ether oxygens (including phenoxy) is 1. The topological polar surface area (TPSA) is 59.5 Å². The van der Waals surface area contributed by atoms with Crippen LogP contribution < -0.4 is 0 Å². The van der Waals surface area contributed by atoms with Gasteiger partial charge in [0, 0.05) is 11.4 Å². The van der Waals surface area contributed by atoms with E-state index in [9.17, 15) is 9.59 Å². The van der Waals surface area contributed by atoms with Gasteiger partial charge in [-0.1, -0.05) is 30.3 Å². The number of rotatable bonds is 7. The molecule has 1 amide bonds. The van der Waals surface area contributed by atoms with Crippen molar-refractivity contribution in [1.82, 2.24) is 9.88 Å². The molecule has 0 aliphatic rings. The summed E-state index contributed by atoms with van der Waals surface area (Å²) in [7, 11) is 0. The molecule has 7 heteroatoms. The number of esters is 1. The Morgan fingerprint density at radius 2 is 1.96 bits per heavy atom. The van der Waals surface area contributed by atoms with Crippen LogP contribution in [0.25, 0.3) is 0 Å². The number of benzene rings is 1. The molecule has 134 valence electrons. The molecule has 2 aromatic rings. The molecule has 1 aromatic heterocycles. The highest BCUT2D eigenvalue weighted by atomic mass is 35.5. The highest BCUT2D eigenvalue weighted by molar-refractivity contribution is 7.09. The summed E-state index contributed by atoms with van der Waals surface area (Å²) in [6, 6.07) is 9.19. The van der Waals surface area contributed by atoms with Crippen molar-refractivity contribution in [3.8, 4) is 0 Å². The molecule has 0 bridgehead atoms. The first kappa shape index (κ1) is 19.4. The molecule has 0 spiro atoms. The number of halogens is 1. The minimum absolute atomic E-state index is 0.0487. The molecule has 1 heterocycles. The quantitative estimate of drug-likeness (QED) is 0.537. The van der Waals surface area contributed by atoms with E-state index >= 15 is 0 Å². The summed E-state index contributed by atoms with van der Waals surface area (Å²) in [5.41, 5.74) is 1.02. The third-order valence-electron chi connectivity index (χ3n) is 3.56. The fourth-order valence-electron chi connectivity index (χ4n) is 2.25. The Labute approximate surface area is 156 Å². The normalized spacial score (nSPS) is 12.0. The van der Waals surface area contributed by atoms with Crippen molar-refractivity contribution in [2.75, 3.05) is 6.61 Å². The predicted octanol–water partition coefficient (Wildman–Crippen LogP) is 4.04. The summed E-state index contributed by atoms with van der Waals surface area (Å²) < 4.78 is 4.94. The van der Waals surface area contributed by atoms with Crippen LogP contribution in [0.2, 0.25) is 0 Å². The molecule has 5 nitrogen and oxygen atoms in total. The SMILES string of the molecule is CCOC(=O)c1csc(CN(C(=O)[C@H](Cl)c2ccccc2)C(C)C)n1. The van der Waals surface area contributed by atoms with E-state index < -0.39 is 11.3 Å². The average molecular weight is 381 g/mol. The van der Waals surface area contributed by atoms with Crippen LogP contribution in [0.3, 0.4) is 0 Å². The van der Waals surface area contributed by atoms with Crippen LogP contribution in [0.1, 0.15) is 47.2 Å². The summed E-state index contributed by atoms with van der Waals surface area (Å²) in [6.07, 6.45) is 0. The minimum atomic E-state index is -0.756. The average Bonchev–Trinajstić information content (AvgIpc) is 3.08. The number of hydrogen-bond acceptors (Lipinski definition) is 5. The second-order valence-electron chi connectivity index (χ2n) is 5.68. The van der Waals surface area contributed by atoms with Gasteiger partial charge >= 0.3 is 5.97 Å². The van der Waals surface area contributed by atoms with Crippen molar-refractivity contribution in [3.05, 3.63) is 52.0 Å². The van der Waals surface area contributed by atoms with Gasteiger partial charge in [-0.3, -0.25) is 4.79 Å². The molecule has 0 fully saturated rings. The standard InChI is InChI=1S/C18H21ClN2O3S/c1-4-24-18(23)14-11-25-15(20-14)10-21(12(2)3)17(22)16(19)13-8-6-5-7-9-13/h5-9,11-12,16H,4,10H2,1-3H3/t16-/m1/s1. The molecular weight excluding hydrogens is 360 g/mol. The Kier molecular flexibility index (Phi) is 6.96. The maximum atomic E-state index is 12.8. The Bertz CT molecular complexity index is 718. The largest absolute Gasteiger partial charge is 0.461 e. The lowest BCUT2D eigenvalue weighted by atomic mass is 10.1. The van der Waals surface area contributed by atoms with Gasteiger partial charge in [0.25, 0.3) is 0 Å². The number of carbonyl (C=O) groups is 2. The first-order chi connectivity index (χ1) is 11.9. The number of amides is 1. The van der Waals surface area contributed by atoms with Crippen molar-refractivity contribution in [2.24, 2.45) is 0 Å². The smallest absolute Gasteiger partial charge is 0.357 e. The first-order valence-corrected chi connectivity index (χ1v) is 9.36. The molecular formula is C18H21ClN2O3S. The van der Waals surface area contributed by atoms with E-state index in [1.54, 1.807) is 17.2 Å². The number of aromatic nitrogens is 1. The van der Waals surface area contributed by atoms with E-state index in [1.807, 2.05) is 44.2 Å². The molecule has 0 unspecified atom stereocenters. The number of carbonyl (C=O) groups excluding carboxylic acids is 2. The second kappa shape index (κ2) is 8.97. The zero-order valence-corrected chi connectivity index (χ0v) is 16.0. The zero-order valence-electron chi connectivity index (χ0n) is 14.4. The fourth-order valence-corrected chi connectivity index (χ4v) is 3.29. The van der Waals surface area contributed by atoms with E-state index in [1.165, 1.54) is 11.3 Å². The Hall–Kier alpha value is -1.92. The van der Waals surface area contributed by atoms with Gasteiger partial charge in [-0.05, 0) is 26.3 Å². The van der Waals surface area contributed by atoms with Gasteiger partial charge in [0.2, 0.25) is 5.91 Å². The monoisotopic (exact) mass is 380 g/mol. The fraction of sp³-hybridized carbons (Fsp3) is 0.389. The molecule has 0 aliphatic heterocycles. The summed E-state index contributed by atoms with van der Waals surface area (Å²) in [4.78, 5) is 30.5. The van der Waals surface area contributed by atoms with Gasteiger partial charge in [-0.15, -0.1) is 22.9 Å². The van der Waals surface area contributed by atoms with E-state index in [0.717, 1.165) is 5.56 Å². The van der Waals surface area contributed by atoms with Crippen LogP contribution in [0.5, 0.6) is 0 Å². The number of alkyl halides is 1. The molecule has 1 atom stereocenters. The Balaban J connectivity index is 2.13. The Morgan fingerprint density at radius 1 is 1.28 bits per heavy atom. The predicted molar refractivity (Wildman–Crippen MR) is 98.8 cm³/mol. The van der Waals surface area contributed by atoms with Crippen molar-refractivity contribution < 1.29 is 14.3 Å². The van der Waals surface area contributed by atoms with Crippen molar-refractivity contribution in [1.29, 1.82) is 0 Å². The van der Waals surface area contributed by atoms with Crippen LogP contribution in [0.4, 0.5) is 0 Å². The lowest BCUT2D eigenvalue weighted by Crippen LogP contribution is -2.38. The molecule has 0 radical (unpaired) electrons. The summed E-state index contributed by atoms with van der Waals surface area (Å²) in [5.74, 6) is -0.636. The first-order valence-electron chi connectivity index (χ1n) is 8.05. The number of thiazole rings is 1. The van der Waals surface area contributed by atoms with Crippen LogP contribution in [0, 0.1) is 0 Å². The molecule has 1 aromatic carbocycles. The number of nitrogens with zero attached hydrogens (tertiary/aromatic N) is 2. The third-order valence-corrected chi connectivity index (χ3v) is 4.83. The summed E-state index contributed by atoms with van der Waals surface area (Å²) >= 11 is 7.70. The lowest BCUT2D eigenvalue weighted by Gasteiger charge is -2.28. The molecule has 0 saturated heterocycles. The zero-order chi connectivity index (χ0) is 18.4. The van der Waals surface area contributed by atoms with Crippen molar-refractivity contribution >= 4 is 34.8 Å². The van der Waals surface area contributed by atoms with Gasteiger partial charge in [0.15, 0.2) is 5.69 Å². The van der Waals surface area contributed by atoms with E-state index in [4.69, 9.17) is 16.3 Å². The molecule has 0 aliphatic carbocycles. The van der Waals surface area contributed by atoms with Crippen LogP contribution in [-0.4, -0.2) is 34.4 Å². The van der Waals surface area contributed by atoms with Gasteiger partial charge in [0.05, 0.1) is 13.2 Å². The van der Waals surface area contributed by atoms with Gasteiger partial charge < -0.3 is 9.64 Å². The summed E-state index contributed by atoms with van der Waals surface area (Å²) in [5, 5.41) is 1.56. The van der Waals surface area contributed by atoms with E-state index in [2.05, 4.69) is 4.98 Å². The van der Waals surface area contributed by atoms with Crippen LogP contribution in [0.15, 0.2) is 35.7 Å². The summed E-state index contributed by atoms with van der Waals surface area (Å²) in [6.45, 7) is 6.19. The van der Waals surface area contributed by atoms with Crippen molar-refractivity contribution in [3.63, 3.8) is 0 Å². The maximum absolute atomic E-state index is 12.8. The number of hydrogen-bond donors (Lipinski definition) is 0. The van der Waals surface area contributed by atoms with Gasteiger partial charge in [-0.25, -0.2) is 9.78 Å². The Morgan fingerprint density at radius 3 is 2.56 bits per heavy atom. The highest BCUT2D eigenvalue weighted by Gasteiger charge is 2.27. The second-order valence-corrected chi connectivity index (χ2v) is 7.06. The van der Waals surface area contributed by atoms with E-state index in [-0.39, 0.29) is 17.6 Å². The van der Waals surface area contributed by atoms with Crippen LogP contribution in [-0.2, 0) is 16.1 Å². The lowest BCUT2D eigenvalue weighted by molar-refractivity contribution is -0.133. The van der Waals surface area contributed by atoms with Crippen LogP contribution >= 0.6 is 22.9 Å². The van der Waals surface area contributed by atoms with E-state index in [0.29, 0.717) is 18.2 Å². The third kappa shape index (κ3) is 5.03. The molecule has 0 N–H and O–H groups in total. The molecule has 2 rings (SSSR count). The van der Waals surface area contributed by atoms with Gasteiger partial charge in [-0.2, -0.15) is 0 Å². The minimum Gasteiger partial charge on any atom is -0.461 e. The molecule has 0 saturated carbocycles. The molecule has 25 heavy (non-hydrogen) atoms. The highest BCUT2D eigenvalue weighted by Crippen LogP contribution is 2.25.